The number of anilines is 1. The van der Waals surface area contributed by atoms with E-state index < -0.39 is 80.7 Å². The number of carbonyl (C=O) groups excluding carboxylic acids is 2. The zero-order valence-electron chi connectivity index (χ0n) is 22.6. The van der Waals surface area contributed by atoms with E-state index in [1.54, 1.807) is 6.92 Å². The summed E-state index contributed by atoms with van der Waals surface area (Å²) in [7, 11) is -10.1. The predicted octanol–water partition coefficient (Wildman–Crippen LogP) is 6.84. The first-order chi connectivity index (χ1) is 19.8. The molecule has 43 heavy (non-hydrogen) atoms. The Morgan fingerprint density at radius 2 is 1.74 bits per heavy atom. The molecule has 0 spiro atoms. The second-order valence-corrected chi connectivity index (χ2v) is 13.9. The molecule has 4 aliphatic rings. The van der Waals surface area contributed by atoms with E-state index in [1.165, 1.54) is 4.90 Å². The molecule has 0 radical (unpaired) electrons. The summed E-state index contributed by atoms with van der Waals surface area (Å²) in [5, 5.41) is 12.4. The molecule has 2 aliphatic carbocycles. The zero-order valence-corrected chi connectivity index (χ0v) is 23.4. The maximum atomic E-state index is 14.5. The molecule has 2 saturated carbocycles. The number of nitrogens with one attached hydrogen (secondary N) is 1. The van der Waals surface area contributed by atoms with Crippen molar-refractivity contribution in [3.63, 3.8) is 0 Å². The summed E-state index contributed by atoms with van der Waals surface area (Å²) in [6.45, 7) is 1.90. The lowest BCUT2D eigenvalue weighted by Gasteiger charge is -2.48. The Hall–Kier alpha value is -3.61. The van der Waals surface area contributed by atoms with E-state index >= 15 is 0 Å². The minimum Gasteiger partial charge on any atom is -0.351 e. The van der Waals surface area contributed by atoms with Crippen LogP contribution in [0.5, 0.6) is 0 Å². The number of halogens is 8. The fraction of sp³-hybridized carbons (Fsp3) is 0.481. The molecule has 4 atom stereocenters. The van der Waals surface area contributed by atoms with Crippen molar-refractivity contribution in [2.75, 3.05) is 11.4 Å². The highest BCUT2D eigenvalue weighted by molar-refractivity contribution is 8.45. The minimum absolute atomic E-state index is 0.0760. The molecule has 2 saturated heterocycles. The average Bonchev–Trinajstić information content (AvgIpc) is 3.45. The van der Waals surface area contributed by atoms with Crippen LogP contribution in [0.4, 0.5) is 38.3 Å². The van der Waals surface area contributed by atoms with Gasteiger partial charge in [-0.25, -0.2) is 13.2 Å². The third-order valence-corrected chi connectivity index (χ3v) is 9.98. The largest absolute Gasteiger partial charge is 0.351 e. The molecule has 234 valence electrons. The van der Waals surface area contributed by atoms with Crippen molar-refractivity contribution < 1.29 is 42.2 Å². The Morgan fingerprint density at radius 1 is 1.12 bits per heavy atom. The van der Waals surface area contributed by atoms with Gasteiger partial charge < -0.3 is 5.32 Å². The molecule has 1 aromatic heterocycles. The number of carbonyl (C=O) groups is 2. The van der Waals surface area contributed by atoms with E-state index in [9.17, 15) is 47.5 Å². The number of fused-ring (bicyclic) bond motifs is 1. The standard InChI is InChI=1S/C27H27F8N5O2S/c1-16-18-11-27(16,39(14-18)15-36)25(42)40(21-2-4-22(5-3-21)43(31,32,33,34)35)23(17-10-19(28)13-37-12-17)24(41)38-20-6-8-26(29,30)9-7-20/h2-5,10,12-13,16,18,20,23H,6-9,11,14H2,1H3,(H,38,41)/t16-,18?,23?,27+/m1/s1. The quantitative estimate of drug-likeness (QED) is 0.265. The van der Waals surface area contributed by atoms with E-state index in [2.05, 4.69) is 10.3 Å². The van der Waals surface area contributed by atoms with Crippen LogP contribution in [0.15, 0.2) is 47.6 Å². The topological polar surface area (TPSA) is 89.3 Å². The third kappa shape index (κ3) is 5.59. The SMILES string of the molecule is C[C@@H]1C2CN(C#N)[C@@]1(C(=O)N(c1ccc(S(F)(F)(F)(F)F)cc1)C(C(=O)NC1CCC(F)(F)CC1)c1cncc(F)c1)C2. The first kappa shape index (κ1) is 30.8. The first-order valence-electron chi connectivity index (χ1n) is 13.4. The summed E-state index contributed by atoms with van der Waals surface area (Å²) in [5.74, 6) is -6.23. The molecule has 1 N–H and O–H groups in total. The third-order valence-electron chi connectivity index (χ3n) is 8.81. The van der Waals surface area contributed by atoms with Crippen LogP contribution < -0.4 is 10.2 Å². The predicted molar refractivity (Wildman–Crippen MR) is 140 cm³/mol. The monoisotopic (exact) mass is 637 g/mol. The Balaban J connectivity index is 1.63. The molecule has 1 aromatic carbocycles. The average molecular weight is 638 g/mol. The van der Waals surface area contributed by atoms with E-state index in [0.29, 0.717) is 12.1 Å². The lowest BCUT2D eigenvalue weighted by atomic mass is 9.63. The number of rotatable bonds is 7. The van der Waals surface area contributed by atoms with Gasteiger partial charge in [-0.1, -0.05) is 26.4 Å². The molecule has 4 fully saturated rings. The Labute approximate surface area is 241 Å². The maximum absolute atomic E-state index is 14.5. The highest BCUT2D eigenvalue weighted by Gasteiger charge is 2.68. The van der Waals surface area contributed by atoms with Crippen LogP contribution in [0, 0.1) is 29.1 Å². The number of hydrogen-bond donors (Lipinski definition) is 1. The molecule has 2 bridgehead atoms. The number of pyridine rings is 1. The van der Waals surface area contributed by atoms with Gasteiger partial charge in [0, 0.05) is 42.9 Å². The lowest BCUT2D eigenvalue weighted by Crippen LogP contribution is -2.64. The van der Waals surface area contributed by atoms with Gasteiger partial charge in [-0.15, -0.1) is 0 Å². The molecule has 16 heteroatoms. The van der Waals surface area contributed by atoms with Gasteiger partial charge in [0.15, 0.2) is 6.19 Å². The lowest BCUT2D eigenvalue weighted by molar-refractivity contribution is -0.137. The number of nitrogens with zero attached hydrogens (tertiary/aromatic N) is 4. The van der Waals surface area contributed by atoms with Crippen molar-refractivity contribution in [1.29, 1.82) is 5.26 Å². The van der Waals surface area contributed by atoms with Crippen molar-refractivity contribution in [3.05, 3.63) is 54.1 Å². The van der Waals surface area contributed by atoms with Crippen molar-refractivity contribution >= 4 is 27.7 Å². The van der Waals surface area contributed by atoms with E-state index in [0.717, 1.165) is 23.4 Å². The molecular formula is C27H27F8N5O2S. The second kappa shape index (κ2) is 9.44. The van der Waals surface area contributed by atoms with Crippen molar-refractivity contribution in [1.82, 2.24) is 15.2 Å². The van der Waals surface area contributed by atoms with Crippen LogP contribution in [-0.4, -0.2) is 45.7 Å². The molecule has 2 aliphatic heterocycles. The molecular weight excluding hydrogens is 610 g/mol. The molecule has 6 rings (SSSR count). The van der Waals surface area contributed by atoms with Crippen LogP contribution in [0.2, 0.25) is 0 Å². The van der Waals surface area contributed by atoms with Crippen LogP contribution in [0.25, 0.3) is 0 Å². The Morgan fingerprint density at radius 3 is 2.28 bits per heavy atom. The zero-order chi connectivity index (χ0) is 31.7. The van der Waals surface area contributed by atoms with Gasteiger partial charge in [-0.3, -0.25) is 24.4 Å². The summed E-state index contributed by atoms with van der Waals surface area (Å²) in [6, 6.07) is -0.343. The molecule has 2 unspecified atom stereocenters. The fourth-order valence-electron chi connectivity index (χ4n) is 6.41. The number of hydrogen-bond acceptors (Lipinski definition) is 5. The Bertz CT molecular complexity index is 1490. The van der Waals surface area contributed by atoms with Crippen molar-refractivity contribution in [2.24, 2.45) is 11.8 Å². The van der Waals surface area contributed by atoms with Crippen molar-refractivity contribution in [2.45, 2.75) is 67.5 Å². The van der Waals surface area contributed by atoms with Gasteiger partial charge in [0.25, 0.3) is 5.91 Å². The van der Waals surface area contributed by atoms with Crippen LogP contribution in [0.1, 0.15) is 50.6 Å². The summed E-state index contributed by atoms with van der Waals surface area (Å²) in [6.07, 6.45) is 2.68. The smallest absolute Gasteiger partial charge is 0.310 e. The van der Waals surface area contributed by atoms with Gasteiger partial charge in [0.05, 0.1) is 6.20 Å². The molecule has 2 amide bonds. The Kier molecular flexibility index (Phi) is 6.77. The van der Waals surface area contributed by atoms with E-state index in [1.807, 2.05) is 6.19 Å². The highest BCUT2D eigenvalue weighted by Crippen LogP contribution is 3.02. The summed E-state index contributed by atoms with van der Waals surface area (Å²) in [4.78, 5) is 31.8. The summed E-state index contributed by atoms with van der Waals surface area (Å²) in [5.41, 5.74) is -2.14. The van der Waals surface area contributed by atoms with Gasteiger partial charge in [-0.2, -0.15) is 5.26 Å². The van der Waals surface area contributed by atoms with Crippen LogP contribution >= 0.6 is 10.2 Å². The molecule has 7 nitrogen and oxygen atoms in total. The summed E-state index contributed by atoms with van der Waals surface area (Å²) < 4.78 is 110. The minimum atomic E-state index is -10.1. The number of benzene rings is 1. The van der Waals surface area contributed by atoms with Crippen LogP contribution in [0.3, 0.4) is 0 Å². The fourth-order valence-corrected chi connectivity index (χ4v) is 7.06. The first-order valence-corrected chi connectivity index (χ1v) is 15.3. The van der Waals surface area contributed by atoms with E-state index in [4.69, 9.17) is 0 Å². The molecule has 2 aromatic rings. The number of amides is 2. The van der Waals surface area contributed by atoms with E-state index in [-0.39, 0.29) is 49.4 Å². The normalized spacial score (nSPS) is 27.2. The number of aromatic nitrogens is 1. The van der Waals surface area contributed by atoms with Gasteiger partial charge in [-0.05, 0) is 61.4 Å². The number of alkyl halides is 2. The second-order valence-electron chi connectivity index (χ2n) is 11.5. The van der Waals surface area contributed by atoms with Gasteiger partial charge in [0.1, 0.15) is 22.3 Å². The molecule has 3 heterocycles. The van der Waals surface area contributed by atoms with Crippen LogP contribution in [-0.2, 0) is 9.59 Å². The van der Waals surface area contributed by atoms with Gasteiger partial charge in [0.2, 0.25) is 11.8 Å². The maximum Gasteiger partial charge on any atom is 0.310 e. The van der Waals surface area contributed by atoms with Gasteiger partial charge >= 0.3 is 10.2 Å². The summed E-state index contributed by atoms with van der Waals surface area (Å²) >= 11 is 0. The highest BCUT2D eigenvalue weighted by atomic mass is 32.5. The van der Waals surface area contributed by atoms with Crippen molar-refractivity contribution in [3.8, 4) is 6.19 Å². The number of nitriles is 1.